The molecule has 166 valence electrons. The fraction of sp³-hybridized carbons (Fsp3) is 0.333. The van der Waals surface area contributed by atoms with Crippen molar-refractivity contribution < 1.29 is 40.1 Å². The zero-order chi connectivity index (χ0) is 22.4. The molecule has 0 spiro atoms. The number of ether oxygens (including phenoxy) is 2. The second-order valence-electron chi connectivity index (χ2n) is 5.41. The fourth-order valence-electron chi connectivity index (χ4n) is 1.84. The highest BCUT2D eigenvalue weighted by Crippen LogP contribution is 2.38. The van der Waals surface area contributed by atoms with Gasteiger partial charge in [-0.3, -0.25) is 9.79 Å². The molecule has 0 fully saturated rings. The van der Waals surface area contributed by atoms with Crippen LogP contribution >= 0.6 is 23.8 Å². The largest absolute Gasteiger partial charge is 0.466 e. The molecule has 0 bridgehead atoms. The van der Waals surface area contributed by atoms with Gasteiger partial charge in [0.05, 0.1) is 5.69 Å². The summed E-state index contributed by atoms with van der Waals surface area (Å²) >= 11 is 6.32. The molecule has 0 radical (unpaired) electrons. The standard InChI is InChI=1S/C15H13ClF6N4O3S/c1-26(30-29-25-10-4-2-3-9(16)5-10)11-12(27-6-14(17,18)19)23-8-24-13(11)28-7-15(20,21)22/h2-5,8,25H,6-7H2,1H3. The second kappa shape index (κ2) is 10.1. The van der Waals surface area contributed by atoms with Gasteiger partial charge in [-0.05, 0) is 18.2 Å². The number of aromatic nitrogens is 2. The number of nitrogens with one attached hydrogen (secondary N) is 1. The maximum Gasteiger partial charge on any atom is 0.422 e. The number of rotatable bonds is 9. The first-order valence-electron chi connectivity index (χ1n) is 7.77. The molecule has 2 rings (SSSR count). The number of halogens is 7. The van der Waals surface area contributed by atoms with Gasteiger partial charge in [-0.2, -0.15) is 40.6 Å². The number of alkyl halides is 6. The number of anilines is 2. The fourth-order valence-corrected chi connectivity index (χ4v) is 2.51. The Morgan fingerprint density at radius 3 is 2.10 bits per heavy atom. The van der Waals surface area contributed by atoms with Crippen LogP contribution < -0.4 is 19.3 Å². The van der Waals surface area contributed by atoms with Crippen molar-refractivity contribution >= 4 is 35.2 Å². The minimum Gasteiger partial charge on any atom is -0.466 e. The molecule has 0 aliphatic heterocycles. The van der Waals surface area contributed by atoms with Crippen LogP contribution in [0.25, 0.3) is 0 Å². The van der Waals surface area contributed by atoms with Crippen LogP contribution in [0.5, 0.6) is 11.8 Å². The number of benzene rings is 1. The molecule has 0 amide bonds. The molecular weight excluding hydrogens is 466 g/mol. The highest BCUT2D eigenvalue weighted by Gasteiger charge is 2.32. The van der Waals surface area contributed by atoms with E-state index in [0.717, 1.165) is 4.31 Å². The maximum absolute atomic E-state index is 12.5. The lowest BCUT2D eigenvalue weighted by Gasteiger charge is -2.22. The minimum absolute atomic E-state index is 0.399. The van der Waals surface area contributed by atoms with E-state index >= 15 is 0 Å². The molecule has 2 aromatic rings. The van der Waals surface area contributed by atoms with Crippen LogP contribution in [-0.4, -0.2) is 42.6 Å². The first kappa shape index (κ1) is 24.0. The number of nitrogens with zero attached hydrogens (tertiary/aromatic N) is 3. The van der Waals surface area contributed by atoms with Gasteiger partial charge in [0.2, 0.25) is 11.8 Å². The average molecular weight is 479 g/mol. The molecule has 15 heteroatoms. The zero-order valence-corrected chi connectivity index (χ0v) is 16.5. The van der Waals surface area contributed by atoms with Crippen molar-refractivity contribution in [2.45, 2.75) is 12.4 Å². The Labute approximate surface area is 175 Å². The summed E-state index contributed by atoms with van der Waals surface area (Å²) in [5.41, 5.74) is 2.53. The number of hydrogen-bond acceptors (Lipinski definition) is 8. The Balaban J connectivity index is 2.16. The van der Waals surface area contributed by atoms with Gasteiger partial charge >= 0.3 is 12.4 Å². The highest BCUT2D eigenvalue weighted by molar-refractivity contribution is 7.96. The van der Waals surface area contributed by atoms with E-state index < -0.39 is 43.0 Å². The van der Waals surface area contributed by atoms with E-state index in [1.807, 2.05) is 0 Å². The topological polar surface area (TPSA) is 68.7 Å². The molecule has 7 nitrogen and oxygen atoms in total. The summed E-state index contributed by atoms with van der Waals surface area (Å²) in [4.78, 5) is 7.09. The highest BCUT2D eigenvalue weighted by atomic mass is 35.5. The predicted molar refractivity (Wildman–Crippen MR) is 97.3 cm³/mol. The van der Waals surface area contributed by atoms with Crippen LogP contribution in [0.3, 0.4) is 0 Å². The monoisotopic (exact) mass is 478 g/mol. The lowest BCUT2D eigenvalue weighted by Crippen LogP contribution is -2.23. The van der Waals surface area contributed by atoms with E-state index in [-0.39, 0.29) is 0 Å². The van der Waals surface area contributed by atoms with E-state index in [2.05, 4.69) is 24.9 Å². The van der Waals surface area contributed by atoms with Crippen molar-refractivity contribution in [3.8, 4) is 11.8 Å². The quantitative estimate of drug-likeness (QED) is 0.232. The van der Waals surface area contributed by atoms with Gasteiger partial charge in [0, 0.05) is 12.1 Å². The lowest BCUT2D eigenvalue weighted by atomic mass is 10.3. The molecule has 1 aromatic heterocycles. The van der Waals surface area contributed by atoms with Crippen LogP contribution in [0.1, 0.15) is 0 Å². The summed E-state index contributed by atoms with van der Waals surface area (Å²) in [5.74, 6) is -1.30. The van der Waals surface area contributed by atoms with Crippen LogP contribution in [0.15, 0.2) is 30.6 Å². The third kappa shape index (κ3) is 8.20. The Morgan fingerprint density at radius 1 is 1.03 bits per heavy atom. The first-order chi connectivity index (χ1) is 13.9. The summed E-state index contributed by atoms with van der Waals surface area (Å²) in [7, 11) is 1.27. The van der Waals surface area contributed by atoms with Crippen LogP contribution in [0.4, 0.5) is 37.7 Å². The molecule has 30 heavy (non-hydrogen) atoms. The molecule has 1 heterocycles. The van der Waals surface area contributed by atoms with Crippen molar-refractivity contribution in [3.05, 3.63) is 35.6 Å². The van der Waals surface area contributed by atoms with Crippen molar-refractivity contribution in [3.63, 3.8) is 0 Å². The molecule has 1 N–H and O–H groups in total. The second-order valence-corrected chi connectivity index (χ2v) is 6.71. The molecule has 0 atom stereocenters. The molecule has 0 aliphatic carbocycles. The van der Waals surface area contributed by atoms with Gasteiger partial charge in [0.15, 0.2) is 18.9 Å². The van der Waals surface area contributed by atoms with Crippen LogP contribution in [0, 0.1) is 0 Å². The predicted octanol–water partition coefficient (Wildman–Crippen LogP) is 5.06. The van der Waals surface area contributed by atoms with Crippen molar-refractivity contribution in [1.82, 2.24) is 9.97 Å². The van der Waals surface area contributed by atoms with Gasteiger partial charge in [0.1, 0.15) is 18.6 Å². The van der Waals surface area contributed by atoms with Crippen molar-refractivity contribution in [2.24, 2.45) is 0 Å². The maximum atomic E-state index is 12.5. The summed E-state index contributed by atoms with van der Waals surface area (Å²) in [6, 6.07) is 6.36. The third-order valence-electron chi connectivity index (χ3n) is 2.95. The van der Waals surface area contributed by atoms with Crippen LogP contribution in [-0.2, 0) is 4.28 Å². The number of hydrogen-bond donors (Lipinski definition) is 1. The van der Waals surface area contributed by atoms with Gasteiger partial charge < -0.3 is 9.47 Å². The molecular formula is C15H13ClF6N4O3S. The van der Waals surface area contributed by atoms with Gasteiger partial charge in [-0.25, -0.2) is 0 Å². The summed E-state index contributed by atoms with van der Waals surface area (Å²) in [6.45, 7) is -3.45. The van der Waals surface area contributed by atoms with Gasteiger partial charge in [0.25, 0.3) is 0 Å². The normalized spacial score (nSPS) is 11.9. The Bertz CT molecular complexity index is 807. The SMILES string of the molecule is CN(SONc1cccc(Cl)c1)c1c(OCC(F)(F)F)ncnc1OCC(F)(F)F. The molecule has 0 aliphatic rings. The lowest BCUT2D eigenvalue weighted by molar-refractivity contribution is -0.154. The third-order valence-corrected chi connectivity index (χ3v) is 3.75. The van der Waals surface area contributed by atoms with Gasteiger partial charge in [-0.15, -0.1) is 0 Å². The zero-order valence-electron chi connectivity index (χ0n) is 14.9. The van der Waals surface area contributed by atoms with Crippen LogP contribution in [0.2, 0.25) is 5.02 Å². The first-order valence-corrected chi connectivity index (χ1v) is 8.85. The average Bonchev–Trinajstić information content (AvgIpc) is 2.63. The Hall–Kier alpha value is -2.32. The Morgan fingerprint density at radius 2 is 1.60 bits per heavy atom. The summed E-state index contributed by atoms with van der Waals surface area (Å²) in [5, 5.41) is 0.407. The van der Waals surface area contributed by atoms with E-state index in [0.29, 0.717) is 29.3 Å². The summed E-state index contributed by atoms with van der Waals surface area (Å²) in [6.07, 6.45) is -8.69. The molecule has 1 aromatic carbocycles. The molecule has 0 unspecified atom stereocenters. The smallest absolute Gasteiger partial charge is 0.422 e. The molecule has 0 saturated heterocycles. The van der Waals surface area contributed by atoms with E-state index in [4.69, 9.17) is 15.9 Å². The van der Waals surface area contributed by atoms with Crippen molar-refractivity contribution in [1.29, 1.82) is 0 Å². The van der Waals surface area contributed by atoms with Gasteiger partial charge in [-0.1, -0.05) is 17.7 Å². The van der Waals surface area contributed by atoms with E-state index in [9.17, 15) is 26.3 Å². The Kier molecular flexibility index (Phi) is 8.09. The van der Waals surface area contributed by atoms with E-state index in [1.165, 1.54) is 13.1 Å². The van der Waals surface area contributed by atoms with E-state index in [1.54, 1.807) is 18.2 Å². The molecule has 0 saturated carbocycles. The van der Waals surface area contributed by atoms with Crippen molar-refractivity contribution in [2.75, 3.05) is 30.0 Å². The summed E-state index contributed by atoms with van der Waals surface area (Å²) < 4.78 is 90.3. The minimum atomic E-state index is -4.70.